The lowest BCUT2D eigenvalue weighted by Crippen LogP contribution is -2.35. The average molecular weight is 391 g/mol. The molecule has 2 aromatic carbocycles. The van der Waals surface area contributed by atoms with Crippen molar-refractivity contribution in [2.75, 3.05) is 20.2 Å². The number of ether oxygens (including phenoxy) is 1. The van der Waals surface area contributed by atoms with Gasteiger partial charge in [-0.1, -0.05) is 18.2 Å². The van der Waals surface area contributed by atoms with E-state index in [1.54, 1.807) is 7.11 Å². The van der Waals surface area contributed by atoms with Gasteiger partial charge in [-0.3, -0.25) is 9.69 Å². The van der Waals surface area contributed by atoms with E-state index in [0.29, 0.717) is 12.8 Å². The number of methoxy groups -OCH3 is 1. The van der Waals surface area contributed by atoms with Gasteiger partial charge in [-0.15, -0.1) is 0 Å². The average Bonchev–Trinajstić information content (AvgIpc) is 3.18. The van der Waals surface area contributed by atoms with Gasteiger partial charge in [-0.05, 0) is 62.3 Å². The number of hydrogen-bond acceptors (Lipinski definition) is 4. The van der Waals surface area contributed by atoms with Gasteiger partial charge in [0.15, 0.2) is 0 Å². The molecule has 1 aromatic heterocycles. The molecule has 3 aromatic rings. The van der Waals surface area contributed by atoms with E-state index in [0.717, 1.165) is 47.9 Å². The van der Waals surface area contributed by atoms with Crippen LogP contribution in [0.3, 0.4) is 0 Å². The lowest BCUT2D eigenvalue weighted by molar-refractivity contribution is -0.143. The molecule has 0 atom stereocenters. The molecule has 1 saturated heterocycles. The van der Waals surface area contributed by atoms with E-state index in [4.69, 9.17) is 9.84 Å². The van der Waals surface area contributed by atoms with Crippen molar-refractivity contribution in [2.45, 2.75) is 19.4 Å². The van der Waals surface area contributed by atoms with Gasteiger partial charge in [-0.25, -0.2) is 4.68 Å². The van der Waals surface area contributed by atoms with Crippen molar-refractivity contribution in [1.29, 1.82) is 0 Å². The Labute approximate surface area is 170 Å². The third kappa shape index (κ3) is 4.32. The van der Waals surface area contributed by atoms with Crippen molar-refractivity contribution < 1.29 is 14.6 Å². The fraction of sp³-hybridized carbons (Fsp3) is 0.304. The lowest BCUT2D eigenvalue weighted by atomic mass is 9.96. The Kier molecular flexibility index (Phi) is 5.62. The van der Waals surface area contributed by atoms with Crippen LogP contribution < -0.4 is 4.74 Å². The number of aliphatic carboxylic acids is 1. The number of hydrogen-bond donors (Lipinski definition) is 1. The van der Waals surface area contributed by atoms with E-state index < -0.39 is 5.97 Å². The van der Waals surface area contributed by atoms with Crippen LogP contribution in [0.5, 0.6) is 5.75 Å². The summed E-state index contributed by atoms with van der Waals surface area (Å²) in [6.07, 6.45) is 3.47. The third-order valence-electron chi connectivity index (χ3n) is 5.50. The van der Waals surface area contributed by atoms with Crippen LogP contribution in [-0.2, 0) is 11.3 Å². The summed E-state index contributed by atoms with van der Waals surface area (Å²) in [5.74, 6) is -0.0895. The highest BCUT2D eigenvalue weighted by Gasteiger charge is 2.25. The highest BCUT2D eigenvalue weighted by Crippen LogP contribution is 2.28. The second-order valence-electron chi connectivity index (χ2n) is 7.40. The van der Waals surface area contributed by atoms with Crippen LogP contribution in [0.25, 0.3) is 16.9 Å². The Morgan fingerprint density at radius 1 is 1.10 bits per heavy atom. The molecule has 6 heteroatoms. The summed E-state index contributed by atoms with van der Waals surface area (Å²) in [5, 5.41) is 14.1. The molecule has 0 spiro atoms. The monoisotopic (exact) mass is 391 g/mol. The molecule has 0 bridgehead atoms. The Balaban J connectivity index is 1.62. The van der Waals surface area contributed by atoms with Crippen molar-refractivity contribution in [3.8, 4) is 22.7 Å². The molecule has 4 rings (SSSR count). The van der Waals surface area contributed by atoms with E-state index in [2.05, 4.69) is 11.1 Å². The van der Waals surface area contributed by atoms with Crippen LogP contribution >= 0.6 is 0 Å². The Morgan fingerprint density at radius 3 is 2.41 bits per heavy atom. The highest BCUT2D eigenvalue weighted by molar-refractivity contribution is 5.70. The first-order valence-electron chi connectivity index (χ1n) is 9.87. The van der Waals surface area contributed by atoms with Crippen LogP contribution in [0, 0.1) is 5.92 Å². The zero-order valence-corrected chi connectivity index (χ0v) is 16.5. The van der Waals surface area contributed by atoms with Crippen molar-refractivity contribution in [1.82, 2.24) is 14.7 Å². The summed E-state index contributed by atoms with van der Waals surface area (Å²) < 4.78 is 7.19. The van der Waals surface area contributed by atoms with Crippen molar-refractivity contribution in [2.24, 2.45) is 5.92 Å². The molecule has 29 heavy (non-hydrogen) atoms. The number of rotatable bonds is 6. The number of para-hydroxylation sites is 1. The molecule has 0 saturated carbocycles. The van der Waals surface area contributed by atoms with Gasteiger partial charge in [0.05, 0.1) is 24.4 Å². The van der Waals surface area contributed by atoms with Gasteiger partial charge in [0.1, 0.15) is 5.75 Å². The maximum absolute atomic E-state index is 11.2. The summed E-state index contributed by atoms with van der Waals surface area (Å²) in [6.45, 7) is 2.33. The fourth-order valence-electron chi connectivity index (χ4n) is 3.81. The van der Waals surface area contributed by atoms with Gasteiger partial charge < -0.3 is 9.84 Å². The maximum atomic E-state index is 11.2. The molecular weight excluding hydrogens is 366 g/mol. The second-order valence-corrected chi connectivity index (χ2v) is 7.40. The van der Waals surface area contributed by atoms with E-state index in [1.165, 1.54) is 0 Å². The second kappa shape index (κ2) is 8.49. The predicted octanol–water partition coefficient (Wildman–Crippen LogP) is 3.84. The number of carbonyl (C=O) groups is 1. The van der Waals surface area contributed by atoms with Gasteiger partial charge in [-0.2, -0.15) is 5.10 Å². The van der Waals surface area contributed by atoms with Crippen LogP contribution in [0.2, 0.25) is 0 Å². The van der Waals surface area contributed by atoms with Gasteiger partial charge in [0.2, 0.25) is 0 Å². The van der Waals surface area contributed by atoms with Gasteiger partial charge in [0, 0.05) is 23.9 Å². The summed E-state index contributed by atoms with van der Waals surface area (Å²) in [6, 6.07) is 18.0. The summed E-state index contributed by atoms with van der Waals surface area (Å²) in [5.41, 5.74) is 4.12. The minimum Gasteiger partial charge on any atom is -0.497 e. The van der Waals surface area contributed by atoms with Gasteiger partial charge >= 0.3 is 5.97 Å². The molecular formula is C23H25N3O3. The minimum absolute atomic E-state index is 0.223. The summed E-state index contributed by atoms with van der Waals surface area (Å²) >= 11 is 0. The topological polar surface area (TPSA) is 67.6 Å². The third-order valence-corrected chi connectivity index (χ3v) is 5.50. The smallest absolute Gasteiger partial charge is 0.306 e. The molecule has 0 aliphatic carbocycles. The molecule has 150 valence electrons. The van der Waals surface area contributed by atoms with Gasteiger partial charge in [0.25, 0.3) is 0 Å². The van der Waals surface area contributed by atoms with Crippen molar-refractivity contribution in [3.63, 3.8) is 0 Å². The molecule has 1 fully saturated rings. The lowest BCUT2D eigenvalue weighted by Gasteiger charge is -2.29. The Morgan fingerprint density at radius 2 is 1.79 bits per heavy atom. The highest BCUT2D eigenvalue weighted by atomic mass is 16.5. The molecule has 0 unspecified atom stereocenters. The van der Waals surface area contributed by atoms with E-state index >= 15 is 0 Å². The maximum Gasteiger partial charge on any atom is 0.306 e. The largest absolute Gasteiger partial charge is 0.497 e. The van der Waals surface area contributed by atoms with Crippen LogP contribution in [0.4, 0.5) is 0 Å². The zero-order chi connectivity index (χ0) is 20.2. The Hall–Kier alpha value is -3.12. The molecule has 1 N–H and O–H groups in total. The number of carboxylic acids is 1. The number of benzene rings is 2. The number of carboxylic acid groups (broad SMARTS) is 1. The normalized spacial score (nSPS) is 15.3. The fourth-order valence-corrected chi connectivity index (χ4v) is 3.81. The first-order chi connectivity index (χ1) is 14.1. The molecule has 0 radical (unpaired) electrons. The van der Waals surface area contributed by atoms with E-state index in [-0.39, 0.29) is 5.92 Å². The molecule has 6 nitrogen and oxygen atoms in total. The molecule has 1 aliphatic rings. The van der Waals surface area contributed by atoms with Crippen molar-refractivity contribution in [3.05, 3.63) is 66.4 Å². The molecule has 0 amide bonds. The number of piperidine rings is 1. The number of nitrogens with zero attached hydrogens (tertiary/aromatic N) is 3. The Bertz CT molecular complexity index is 959. The summed E-state index contributed by atoms with van der Waals surface area (Å²) in [7, 11) is 1.66. The first-order valence-corrected chi connectivity index (χ1v) is 9.87. The van der Waals surface area contributed by atoms with Crippen molar-refractivity contribution >= 4 is 5.97 Å². The molecule has 2 heterocycles. The van der Waals surface area contributed by atoms with Crippen LogP contribution in [0.15, 0.2) is 60.8 Å². The standard InChI is InChI=1S/C23H25N3O3/c1-29-21-9-7-17(8-10-21)22-19(15-25-13-11-18(12-14-25)23(27)28)16-26(24-22)20-5-3-2-4-6-20/h2-10,16,18H,11-15H2,1H3,(H,27,28). The number of likely N-dealkylation sites (tertiary alicyclic amines) is 1. The SMILES string of the molecule is COc1ccc(-c2nn(-c3ccccc3)cc2CN2CCC(C(=O)O)CC2)cc1. The molecule has 1 aliphatic heterocycles. The first kappa shape index (κ1) is 19.2. The van der Waals surface area contributed by atoms with E-state index in [1.807, 2.05) is 59.3 Å². The van der Waals surface area contributed by atoms with Crippen LogP contribution in [0.1, 0.15) is 18.4 Å². The number of aromatic nitrogens is 2. The minimum atomic E-state index is -0.680. The predicted molar refractivity (Wildman–Crippen MR) is 111 cm³/mol. The van der Waals surface area contributed by atoms with Crippen LogP contribution in [-0.4, -0.2) is 46.0 Å². The quantitative estimate of drug-likeness (QED) is 0.691. The zero-order valence-electron chi connectivity index (χ0n) is 16.5. The summed E-state index contributed by atoms with van der Waals surface area (Å²) in [4.78, 5) is 13.5. The van der Waals surface area contributed by atoms with E-state index in [9.17, 15) is 9.90 Å².